The summed E-state index contributed by atoms with van der Waals surface area (Å²) in [5.74, 6) is -0.500. The van der Waals surface area contributed by atoms with E-state index in [9.17, 15) is 9.59 Å². The molecule has 0 saturated heterocycles. The highest BCUT2D eigenvalue weighted by molar-refractivity contribution is 6.08. The van der Waals surface area contributed by atoms with Crippen LogP contribution in [0.25, 0.3) is 6.08 Å². The Kier molecular flexibility index (Phi) is 4.67. The molecule has 1 rings (SSSR count). The molecular weight excluding hydrogens is 200 g/mol. The summed E-state index contributed by atoms with van der Waals surface area (Å²) < 4.78 is 0. The maximum Gasteiger partial charge on any atom is 0.178 e. The molecule has 0 fully saturated rings. The van der Waals surface area contributed by atoms with Crippen LogP contribution in [0.2, 0.25) is 0 Å². The van der Waals surface area contributed by atoms with E-state index in [0.717, 1.165) is 11.6 Å². The van der Waals surface area contributed by atoms with Gasteiger partial charge in [-0.05, 0) is 29.9 Å². The first-order valence-corrected chi connectivity index (χ1v) is 4.84. The standard InChI is InChI=1S/C14H12O2/c1-2-13(15)10-11-14(16)9-8-12-6-4-3-5-7-12/h2-11H,1H2/b9-8+,11-10?. The van der Waals surface area contributed by atoms with Gasteiger partial charge < -0.3 is 0 Å². The lowest BCUT2D eigenvalue weighted by Crippen LogP contribution is -1.89. The monoisotopic (exact) mass is 212 g/mol. The zero-order chi connectivity index (χ0) is 11.8. The maximum absolute atomic E-state index is 11.3. The summed E-state index contributed by atoms with van der Waals surface area (Å²) in [6.45, 7) is 3.30. The van der Waals surface area contributed by atoms with Gasteiger partial charge in [0.05, 0.1) is 0 Å². The summed E-state index contributed by atoms with van der Waals surface area (Å²) in [6.07, 6.45) is 6.70. The number of hydrogen-bond donors (Lipinski definition) is 0. The van der Waals surface area contributed by atoms with E-state index in [1.165, 1.54) is 18.2 Å². The van der Waals surface area contributed by atoms with E-state index in [0.29, 0.717) is 0 Å². The lowest BCUT2D eigenvalue weighted by Gasteiger charge is -1.89. The molecule has 16 heavy (non-hydrogen) atoms. The quantitative estimate of drug-likeness (QED) is 0.703. The molecule has 0 aliphatic rings. The largest absolute Gasteiger partial charge is 0.290 e. The van der Waals surface area contributed by atoms with Crippen molar-refractivity contribution in [1.82, 2.24) is 0 Å². The van der Waals surface area contributed by atoms with Crippen molar-refractivity contribution in [3.05, 3.63) is 66.8 Å². The van der Waals surface area contributed by atoms with Crippen LogP contribution >= 0.6 is 0 Å². The van der Waals surface area contributed by atoms with Gasteiger partial charge in [-0.25, -0.2) is 0 Å². The fraction of sp³-hybridized carbons (Fsp3) is 0. The molecule has 0 N–H and O–H groups in total. The predicted molar refractivity (Wildman–Crippen MR) is 64.8 cm³/mol. The Bertz CT molecular complexity index is 439. The van der Waals surface area contributed by atoms with E-state index < -0.39 is 0 Å². The zero-order valence-electron chi connectivity index (χ0n) is 8.80. The van der Waals surface area contributed by atoms with Crippen molar-refractivity contribution in [2.24, 2.45) is 0 Å². The summed E-state index contributed by atoms with van der Waals surface area (Å²) in [5.41, 5.74) is 0.944. The first-order valence-electron chi connectivity index (χ1n) is 4.84. The molecule has 0 amide bonds. The van der Waals surface area contributed by atoms with Gasteiger partial charge in [0.1, 0.15) is 0 Å². The lowest BCUT2D eigenvalue weighted by atomic mass is 10.2. The number of benzene rings is 1. The van der Waals surface area contributed by atoms with E-state index in [1.807, 2.05) is 30.3 Å². The minimum absolute atomic E-state index is 0.223. The van der Waals surface area contributed by atoms with Crippen molar-refractivity contribution >= 4 is 17.6 Å². The second kappa shape index (κ2) is 6.30. The Balaban J connectivity index is 2.58. The van der Waals surface area contributed by atoms with Crippen molar-refractivity contribution in [3.63, 3.8) is 0 Å². The molecule has 0 heterocycles. The van der Waals surface area contributed by atoms with Crippen molar-refractivity contribution in [2.45, 2.75) is 0 Å². The third-order valence-corrected chi connectivity index (χ3v) is 1.85. The minimum Gasteiger partial charge on any atom is -0.290 e. The van der Waals surface area contributed by atoms with Gasteiger partial charge in [0.2, 0.25) is 0 Å². The topological polar surface area (TPSA) is 34.1 Å². The molecule has 0 radical (unpaired) electrons. The van der Waals surface area contributed by atoms with Gasteiger partial charge in [0.25, 0.3) is 0 Å². The fourth-order valence-electron chi connectivity index (χ4n) is 1.03. The van der Waals surface area contributed by atoms with Gasteiger partial charge in [0, 0.05) is 0 Å². The summed E-state index contributed by atoms with van der Waals surface area (Å²) >= 11 is 0. The number of carbonyl (C=O) groups is 2. The SMILES string of the molecule is C=CC(=O)C=CC(=O)/C=C/c1ccccc1. The predicted octanol–water partition coefficient (Wildman–Crippen LogP) is 2.58. The highest BCUT2D eigenvalue weighted by Gasteiger charge is 1.91. The van der Waals surface area contributed by atoms with E-state index in [-0.39, 0.29) is 11.6 Å². The van der Waals surface area contributed by atoms with Gasteiger partial charge in [0.15, 0.2) is 11.6 Å². The molecule has 0 unspecified atom stereocenters. The highest BCUT2D eigenvalue weighted by Crippen LogP contribution is 2.00. The van der Waals surface area contributed by atoms with Crippen LogP contribution in [0.3, 0.4) is 0 Å². The first kappa shape index (κ1) is 11.9. The average molecular weight is 212 g/mol. The van der Waals surface area contributed by atoms with Crippen molar-refractivity contribution < 1.29 is 9.59 Å². The molecule has 1 aromatic rings. The number of rotatable bonds is 5. The normalized spacial score (nSPS) is 10.8. The lowest BCUT2D eigenvalue weighted by molar-refractivity contribution is -0.112. The summed E-state index contributed by atoms with van der Waals surface area (Å²) in [4.78, 5) is 22.1. The summed E-state index contributed by atoms with van der Waals surface area (Å²) in [5, 5.41) is 0. The summed E-state index contributed by atoms with van der Waals surface area (Å²) in [7, 11) is 0. The molecule has 1 aromatic carbocycles. The van der Waals surface area contributed by atoms with Gasteiger partial charge in [-0.3, -0.25) is 9.59 Å². The molecule has 0 aromatic heterocycles. The second-order valence-corrected chi connectivity index (χ2v) is 3.09. The third-order valence-electron chi connectivity index (χ3n) is 1.85. The van der Waals surface area contributed by atoms with E-state index in [4.69, 9.17) is 0 Å². The number of allylic oxidation sites excluding steroid dienone is 4. The van der Waals surface area contributed by atoms with Crippen LogP contribution in [0.4, 0.5) is 0 Å². The molecule has 2 nitrogen and oxygen atoms in total. The average Bonchev–Trinajstić information content (AvgIpc) is 2.34. The van der Waals surface area contributed by atoms with Crippen LogP contribution in [0.15, 0.2) is 61.2 Å². The fourth-order valence-corrected chi connectivity index (χ4v) is 1.03. The Labute approximate surface area is 94.6 Å². The Morgan fingerprint density at radius 2 is 1.56 bits per heavy atom. The molecule has 0 atom stereocenters. The highest BCUT2D eigenvalue weighted by atomic mass is 16.1. The number of hydrogen-bond acceptors (Lipinski definition) is 2. The van der Waals surface area contributed by atoms with Crippen LogP contribution in [-0.4, -0.2) is 11.6 Å². The van der Waals surface area contributed by atoms with Crippen molar-refractivity contribution in [1.29, 1.82) is 0 Å². The third kappa shape index (κ3) is 4.33. The van der Waals surface area contributed by atoms with Crippen LogP contribution in [-0.2, 0) is 9.59 Å². The van der Waals surface area contributed by atoms with Crippen LogP contribution in [0.1, 0.15) is 5.56 Å². The Hall–Kier alpha value is -2.22. The van der Waals surface area contributed by atoms with Crippen LogP contribution in [0.5, 0.6) is 0 Å². The number of ketones is 2. The molecule has 0 saturated carbocycles. The molecule has 0 bridgehead atoms. The number of carbonyl (C=O) groups excluding carboxylic acids is 2. The zero-order valence-corrected chi connectivity index (χ0v) is 8.80. The molecule has 2 heteroatoms. The molecule has 0 spiro atoms. The molecule has 80 valence electrons. The maximum atomic E-state index is 11.3. The Morgan fingerprint density at radius 3 is 2.19 bits per heavy atom. The second-order valence-electron chi connectivity index (χ2n) is 3.09. The van der Waals surface area contributed by atoms with Gasteiger partial charge in [-0.1, -0.05) is 43.0 Å². The van der Waals surface area contributed by atoms with E-state index in [2.05, 4.69) is 6.58 Å². The molecule has 0 aliphatic heterocycles. The minimum atomic E-state index is -0.276. The van der Waals surface area contributed by atoms with E-state index >= 15 is 0 Å². The van der Waals surface area contributed by atoms with Crippen molar-refractivity contribution in [3.8, 4) is 0 Å². The van der Waals surface area contributed by atoms with Crippen LogP contribution < -0.4 is 0 Å². The van der Waals surface area contributed by atoms with Gasteiger partial charge in [-0.2, -0.15) is 0 Å². The van der Waals surface area contributed by atoms with Crippen molar-refractivity contribution in [2.75, 3.05) is 0 Å². The van der Waals surface area contributed by atoms with Gasteiger partial charge >= 0.3 is 0 Å². The Morgan fingerprint density at radius 1 is 0.938 bits per heavy atom. The summed E-state index contributed by atoms with van der Waals surface area (Å²) in [6, 6.07) is 9.47. The smallest absolute Gasteiger partial charge is 0.178 e. The molecule has 0 aliphatic carbocycles. The molecular formula is C14H12O2. The van der Waals surface area contributed by atoms with Gasteiger partial charge in [-0.15, -0.1) is 0 Å². The first-order chi connectivity index (χ1) is 7.72. The van der Waals surface area contributed by atoms with Crippen LogP contribution in [0, 0.1) is 0 Å². The van der Waals surface area contributed by atoms with E-state index in [1.54, 1.807) is 6.08 Å².